The van der Waals surface area contributed by atoms with Crippen LogP contribution in [0.4, 0.5) is 0 Å². The normalized spacial score (nSPS) is 22.8. The molecule has 8 heteroatoms. The van der Waals surface area contributed by atoms with Gasteiger partial charge in [-0.25, -0.2) is 4.98 Å². The van der Waals surface area contributed by atoms with Gasteiger partial charge < -0.3 is 19.5 Å². The van der Waals surface area contributed by atoms with Crippen LogP contribution in [-0.2, 0) is 17.8 Å². The molecule has 0 bridgehead atoms. The first-order valence-electron chi connectivity index (χ1n) is 11.0. The Morgan fingerprint density at radius 3 is 2.68 bits per heavy atom. The van der Waals surface area contributed by atoms with Crippen molar-refractivity contribution in [2.45, 2.75) is 32.5 Å². The second-order valence-corrected chi connectivity index (χ2v) is 8.35. The molecule has 2 aliphatic heterocycles. The topological polar surface area (TPSA) is 57.9 Å². The fourth-order valence-electron chi connectivity index (χ4n) is 4.49. The summed E-state index contributed by atoms with van der Waals surface area (Å²) in [6.45, 7) is 9.75. The SMILES string of the molecule is CN=C(NCc1ccccc1CN1CCOCC1)N1CCC(C)C(n2ccnc2)C1.I. The van der Waals surface area contributed by atoms with E-state index < -0.39 is 0 Å². The van der Waals surface area contributed by atoms with Gasteiger partial charge in [0, 0.05) is 58.7 Å². The number of imidazole rings is 1. The summed E-state index contributed by atoms with van der Waals surface area (Å²) in [6.07, 6.45) is 7.02. The molecule has 2 unspecified atom stereocenters. The monoisotopic (exact) mass is 538 g/mol. The number of aromatic nitrogens is 2. The summed E-state index contributed by atoms with van der Waals surface area (Å²) in [7, 11) is 1.88. The second-order valence-electron chi connectivity index (χ2n) is 8.35. The molecule has 7 nitrogen and oxygen atoms in total. The van der Waals surface area contributed by atoms with E-state index in [4.69, 9.17) is 4.74 Å². The summed E-state index contributed by atoms with van der Waals surface area (Å²) in [5, 5.41) is 3.62. The third kappa shape index (κ3) is 6.20. The number of hydrogen-bond acceptors (Lipinski definition) is 4. The Balaban J connectivity index is 0.00000272. The van der Waals surface area contributed by atoms with Crippen molar-refractivity contribution in [2.24, 2.45) is 10.9 Å². The molecule has 1 N–H and O–H groups in total. The highest BCUT2D eigenvalue weighted by Crippen LogP contribution is 2.27. The minimum atomic E-state index is 0. The lowest BCUT2D eigenvalue weighted by Gasteiger charge is -2.39. The predicted octanol–water partition coefficient (Wildman–Crippen LogP) is 2.99. The number of aliphatic imine (C=N–C) groups is 1. The van der Waals surface area contributed by atoms with E-state index in [1.54, 1.807) is 0 Å². The number of nitrogens with one attached hydrogen (secondary N) is 1. The van der Waals surface area contributed by atoms with Crippen molar-refractivity contribution >= 4 is 29.9 Å². The minimum absolute atomic E-state index is 0. The Morgan fingerprint density at radius 2 is 1.97 bits per heavy atom. The number of nitrogens with zero attached hydrogens (tertiary/aromatic N) is 5. The molecule has 31 heavy (non-hydrogen) atoms. The summed E-state index contributed by atoms with van der Waals surface area (Å²) in [4.78, 5) is 13.7. The number of piperidine rings is 1. The summed E-state index contributed by atoms with van der Waals surface area (Å²) >= 11 is 0. The molecule has 0 saturated carbocycles. The van der Waals surface area contributed by atoms with Crippen LogP contribution < -0.4 is 5.32 Å². The first kappa shape index (κ1) is 24.0. The summed E-state index contributed by atoms with van der Waals surface area (Å²) in [5.41, 5.74) is 2.72. The molecular weight excluding hydrogens is 503 g/mol. The standard InChI is InChI=1S/C23H34N6O.HI/c1-19-7-9-28(17-22(19)29-10-8-25-18-29)23(24-2)26-15-20-5-3-4-6-21(20)16-27-11-13-30-14-12-27;/h3-6,8,10,18-19,22H,7,9,11-17H2,1-2H3,(H,24,26);1H. The van der Waals surface area contributed by atoms with Crippen LogP contribution in [0.25, 0.3) is 0 Å². The van der Waals surface area contributed by atoms with Crippen molar-refractivity contribution in [3.63, 3.8) is 0 Å². The van der Waals surface area contributed by atoms with Gasteiger partial charge in [0.1, 0.15) is 0 Å². The Bertz CT molecular complexity index is 821. The molecule has 2 aliphatic rings. The van der Waals surface area contributed by atoms with Crippen LogP contribution in [-0.4, -0.2) is 71.8 Å². The quantitative estimate of drug-likeness (QED) is 0.361. The third-order valence-electron chi connectivity index (χ3n) is 6.39. The van der Waals surface area contributed by atoms with Crippen LogP contribution in [0.15, 0.2) is 48.0 Å². The lowest BCUT2D eigenvalue weighted by atomic mass is 9.93. The highest BCUT2D eigenvalue weighted by molar-refractivity contribution is 14.0. The van der Waals surface area contributed by atoms with E-state index in [1.165, 1.54) is 11.1 Å². The molecule has 2 saturated heterocycles. The Morgan fingerprint density at radius 1 is 1.19 bits per heavy atom. The summed E-state index contributed by atoms with van der Waals surface area (Å²) < 4.78 is 7.73. The van der Waals surface area contributed by atoms with Crippen molar-refractivity contribution < 1.29 is 4.74 Å². The van der Waals surface area contributed by atoms with Crippen LogP contribution in [0.1, 0.15) is 30.5 Å². The van der Waals surface area contributed by atoms with Gasteiger partial charge in [0.05, 0.1) is 25.6 Å². The van der Waals surface area contributed by atoms with Gasteiger partial charge in [0.25, 0.3) is 0 Å². The summed E-state index contributed by atoms with van der Waals surface area (Å²) in [5.74, 6) is 1.61. The van der Waals surface area contributed by atoms with Gasteiger partial charge in [0.15, 0.2) is 5.96 Å². The van der Waals surface area contributed by atoms with Gasteiger partial charge in [-0.2, -0.15) is 0 Å². The lowest BCUT2D eigenvalue weighted by Crippen LogP contribution is -2.48. The van der Waals surface area contributed by atoms with Gasteiger partial charge in [0.2, 0.25) is 0 Å². The van der Waals surface area contributed by atoms with Gasteiger partial charge in [-0.3, -0.25) is 9.89 Å². The number of ether oxygens (including phenoxy) is 1. The van der Waals surface area contributed by atoms with Gasteiger partial charge >= 0.3 is 0 Å². The zero-order valence-corrected chi connectivity index (χ0v) is 20.9. The second kappa shape index (κ2) is 11.8. The zero-order chi connectivity index (χ0) is 20.8. The van der Waals surface area contributed by atoms with Crippen molar-refractivity contribution in [2.75, 3.05) is 46.4 Å². The molecule has 3 heterocycles. The van der Waals surface area contributed by atoms with E-state index in [0.717, 1.165) is 64.9 Å². The highest BCUT2D eigenvalue weighted by atomic mass is 127. The van der Waals surface area contributed by atoms with E-state index in [9.17, 15) is 0 Å². The molecule has 1 aromatic carbocycles. The maximum Gasteiger partial charge on any atom is 0.193 e. The van der Waals surface area contributed by atoms with Crippen molar-refractivity contribution in [3.8, 4) is 0 Å². The van der Waals surface area contributed by atoms with Gasteiger partial charge in [-0.1, -0.05) is 31.2 Å². The van der Waals surface area contributed by atoms with Crippen LogP contribution in [0.3, 0.4) is 0 Å². The molecule has 0 radical (unpaired) electrons. The van der Waals surface area contributed by atoms with Crippen LogP contribution in [0.5, 0.6) is 0 Å². The molecule has 1 aromatic heterocycles. The number of halogens is 1. The van der Waals surface area contributed by atoms with E-state index in [-0.39, 0.29) is 24.0 Å². The maximum absolute atomic E-state index is 5.49. The van der Waals surface area contributed by atoms with Crippen LogP contribution in [0.2, 0.25) is 0 Å². The third-order valence-corrected chi connectivity index (χ3v) is 6.39. The van der Waals surface area contributed by atoms with Gasteiger partial charge in [-0.15, -0.1) is 24.0 Å². The Labute approximate surface area is 202 Å². The van der Waals surface area contributed by atoms with E-state index in [2.05, 4.69) is 67.0 Å². The predicted molar refractivity (Wildman–Crippen MR) is 135 cm³/mol. The number of guanidine groups is 1. The number of rotatable bonds is 5. The first-order valence-corrected chi connectivity index (χ1v) is 11.0. The Hall–Kier alpha value is -1.65. The molecule has 0 spiro atoms. The molecule has 2 atom stereocenters. The molecule has 0 aliphatic carbocycles. The van der Waals surface area contributed by atoms with Crippen molar-refractivity contribution in [1.82, 2.24) is 24.7 Å². The number of hydrogen-bond donors (Lipinski definition) is 1. The van der Waals surface area contributed by atoms with E-state index in [0.29, 0.717) is 12.0 Å². The van der Waals surface area contributed by atoms with Crippen molar-refractivity contribution in [1.29, 1.82) is 0 Å². The van der Waals surface area contributed by atoms with Crippen molar-refractivity contribution in [3.05, 3.63) is 54.1 Å². The summed E-state index contributed by atoms with van der Waals surface area (Å²) in [6, 6.07) is 9.15. The molecule has 2 aromatic rings. The maximum atomic E-state index is 5.49. The minimum Gasteiger partial charge on any atom is -0.379 e. The molecule has 2 fully saturated rings. The van der Waals surface area contributed by atoms with Crippen LogP contribution in [0, 0.1) is 5.92 Å². The largest absolute Gasteiger partial charge is 0.379 e. The highest BCUT2D eigenvalue weighted by Gasteiger charge is 2.28. The molecule has 0 amide bonds. The number of morpholine rings is 1. The zero-order valence-electron chi connectivity index (χ0n) is 18.6. The fourth-order valence-corrected chi connectivity index (χ4v) is 4.49. The number of benzene rings is 1. The van der Waals surface area contributed by atoms with E-state index in [1.807, 2.05) is 19.6 Å². The van der Waals surface area contributed by atoms with Gasteiger partial charge in [-0.05, 0) is 23.5 Å². The molecule has 4 rings (SSSR count). The molecule has 170 valence electrons. The average molecular weight is 538 g/mol. The number of likely N-dealkylation sites (tertiary alicyclic amines) is 1. The average Bonchev–Trinajstić information content (AvgIpc) is 3.31. The lowest BCUT2D eigenvalue weighted by molar-refractivity contribution is 0.0341. The first-order chi connectivity index (χ1) is 14.7. The Kier molecular flexibility index (Phi) is 9.15. The fraction of sp³-hybridized carbons (Fsp3) is 0.565. The van der Waals surface area contributed by atoms with Crippen LogP contribution >= 0.6 is 24.0 Å². The molecular formula is C23H35IN6O. The smallest absolute Gasteiger partial charge is 0.193 e. The van der Waals surface area contributed by atoms with E-state index >= 15 is 0 Å².